The highest BCUT2D eigenvalue weighted by Gasteiger charge is 2.26. The van der Waals surface area contributed by atoms with Gasteiger partial charge < -0.3 is 4.42 Å². The molecule has 10 aromatic rings. The average Bonchev–Trinajstić information content (AvgIpc) is 3.66. The van der Waals surface area contributed by atoms with Crippen molar-refractivity contribution < 1.29 is 4.42 Å². The zero-order valence-corrected chi connectivity index (χ0v) is 29.8. The minimum absolute atomic E-state index is 0.744. The molecule has 0 saturated heterocycles. The molecule has 0 N–H and O–H groups in total. The molecule has 0 spiro atoms. The lowest BCUT2D eigenvalue weighted by Crippen LogP contribution is -2.03. The van der Waals surface area contributed by atoms with Crippen molar-refractivity contribution in [3.8, 4) is 78.1 Å². The molecule has 0 amide bonds. The van der Waals surface area contributed by atoms with Gasteiger partial charge in [-0.05, 0) is 67.4 Å². The molecule has 10 rings (SSSR count). The molecule has 0 fully saturated rings. The van der Waals surface area contributed by atoms with Gasteiger partial charge in [-0.15, -0.1) is 10.2 Å². The van der Waals surface area contributed by atoms with Gasteiger partial charge in [-0.1, -0.05) is 188 Å². The number of aromatic nitrogens is 3. The highest BCUT2D eigenvalue weighted by atomic mass is 16.3. The summed E-state index contributed by atoms with van der Waals surface area (Å²) in [6, 6.07) is 69.7. The summed E-state index contributed by atoms with van der Waals surface area (Å²) in [5.74, 6) is 0. The van der Waals surface area contributed by atoms with Crippen molar-refractivity contribution in [2.45, 2.75) is 0 Å². The summed E-state index contributed by atoms with van der Waals surface area (Å²) in [6.07, 6.45) is 0. The molecule has 4 heteroatoms. The number of hydrogen-bond donors (Lipinski definition) is 0. The van der Waals surface area contributed by atoms with Gasteiger partial charge >= 0.3 is 0 Å². The van der Waals surface area contributed by atoms with Crippen molar-refractivity contribution in [3.63, 3.8) is 0 Å². The number of fused-ring (bicyclic) bond motifs is 3. The minimum atomic E-state index is 0.744. The fourth-order valence-corrected chi connectivity index (χ4v) is 7.97. The molecule has 55 heavy (non-hydrogen) atoms. The summed E-state index contributed by atoms with van der Waals surface area (Å²) in [7, 11) is 0. The largest absolute Gasteiger partial charge is 0.456 e. The normalized spacial score (nSPS) is 11.3. The number of hydrogen-bond acceptors (Lipinski definition) is 4. The van der Waals surface area contributed by atoms with Crippen LogP contribution in [-0.4, -0.2) is 15.4 Å². The van der Waals surface area contributed by atoms with E-state index < -0.39 is 0 Å². The van der Waals surface area contributed by atoms with Crippen LogP contribution in [0.2, 0.25) is 0 Å². The third-order valence-corrected chi connectivity index (χ3v) is 10.4. The lowest BCUT2D eigenvalue weighted by molar-refractivity contribution is 0.669. The van der Waals surface area contributed by atoms with Crippen LogP contribution in [0.4, 0.5) is 0 Å². The summed E-state index contributed by atoms with van der Waals surface area (Å²) >= 11 is 0. The zero-order chi connectivity index (χ0) is 36.6. The number of benzene rings is 8. The second-order valence-electron chi connectivity index (χ2n) is 13.6. The maximum Gasteiger partial charge on any atom is 0.136 e. The van der Waals surface area contributed by atoms with Gasteiger partial charge in [0.1, 0.15) is 22.6 Å². The summed E-state index contributed by atoms with van der Waals surface area (Å²) in [5.41, 5.74) is 15.7. The van der Waals surface area contributed by atoms with Gasteiger partial charge in [0.25, 0.3) is 0 Å². The third kappa shape index (κ3) is 5.68. The van der Waals surface area contributed by atoms with Crippen molar-refractivity contribution in [3.05, 3.63) is 200 Å². The van der Waals surface area contributed by atoms with Crippen molar-refractivity contribution in [2.75, 3.05) is 0 Å². The molecule has 8 aromatic carbocycles. The van der Waals surface area contributed by atoms with E-state index in [1.807, 2.05) is 18.2 Å². The standard InChI is InChI=1S/C51H33N3O/c1-4-18-34(19-5-1)37-24-10-12-26-40(37)49-50(41-27-13-11-25-38(41)35-20-6-2-7-21-35)52-54-53-51(49)44-31-16-29-39(36-22-8-3-9-23-36)47(44)43-30-17-33-46-48(43)42-28-14-15-32-45(42)55-46/h1-33H. The number of furan rings is 1. The van der Waals surface area contributed by atoms with E-state index >= 15 is 0 Å². The van der Waals surface area contributed by atoms with Crippen LogP contribution in [0.3, 0.4) is 0 Å². The first-order chi connectivity index (χ1) is 27.3. The Labute approximate surface area is 319 Å². The maximum absolute atomic E-state index is 6.46. The highest BCUT2D eigenvalue weighted by molar-refractivity contribution is 6.16. The van der Waals surface area contributed by atoms with Gasteiger partial charge in [-0.2, -0.15) is 0 Å². The van der Waals surface area contributed by atoms with Crippen molar-refractivity contribution in [1.82, 2.24) is 15.4 Å². The van der Waals surface area contributed by atoms with Gasteiger partial charge in [-0.3, -0.25) is 0 Å². The molecule has 0 bridgehead atoms. The van der Waals surface area contributed by atoms with Crippen LogP contribution < -0.4 is 0 Å². The van der Waals surface area contributed by atoms with Crippen LogP contribution in [0.25, 0.3) is 100 Å². The third-order valence-electron chi connectivity index (χ3n) is 10.4. The minimum Gasteiger partial charge on any atom is -0.456 e. The monoisotopic (exact) mass is 703 g/mol. The summed E-state index contributed by atoms with van der Waals surface area (Å²) in [6.45, 7) is 0. The van der Waals surface area contributed by atoms with E-state index in [9.17, 15) is 0 Å². The lowest BCUT2D eigenvalue weighted by Gasteiger charge is -2.21. The fraction of sp³-hybridized carbons (Fsp3) is 0. The second kappa shape index (κ2) is 13.8. The van der Waals surface area contributed by atoms with E-state index in [4.69, 9.17) is 14.6 Å². The van der Waals surface area contributed by atoms with Crippen LogP contribution in [0, 0.1) is 0 Å². The SMILES string of the molecule is c1ccc(-c2ccccc2-c2nnnc(-c3cccc(-c4ccccc4)c3-c3cccc4oc5ccccc5c34)c2-c2ccccc2-c2ccccc2)cc1. The Kier molecular flexibility index (Phi) is 8.12. The van der Waals surface area contributed by atoms with E-state index in [0.717, 1.165) is 100 Å². The molecular weight excluding hydrogens is 671 g/mol. The Hall–Kier alpha value is -7.43. The number of para-hydroxylation sites is 1. The summed E-state index contributed by atoms with van der Waals surface area (Å²) < 4.78 is 6.46. The predicted molar refractivity (Wildman–Crippen MR) is 225 cm³/mol. The van der Waals surface area contributed by atoms with E-state index in [1.54, 1.807) is 0 Å². The van der Waals surface area contributed by atoms with Gasteiger partial charge in [0.05, 0.1) is 0 Å². The number of nitrogens with zero attached hydrogens (tertiary/aromatic N) is 3. The van der Waals surface area contributed by atoms with Crippen LogP contribution in [0.15, 0.2) is 205 Å². The molecule has 0 aliphatic rings. The van der Waals surface area contributed by atoms with E-state index in [2.05, 4.69) is 187 Å². The van der Waals surface area contributed by atoms with Gasteiger partial charge in [0, 0.05) is 27.5 Å². The molecule has 0 unspecified atom stereocenters. The predicted octanol–water partition coefficient (Wildman–Crippen LogP) is 13.4. The molecule has 0 atom stereocenters. The molecule has 2 heterocycles. The fourth-order valence-electron chi connectivity index (χ4n) is 7.97. The quantitative estimate of drug-likeness (QED) is 0.166. The second-order valence-corrected chi connectivity index (χ2v) is 13.6. The molecule has 0 aliphatic carbocycles. The topological polar surface area (TPSA) is 51.8 Å². The molecular formula is C51H33N3O. The first kappa shape index (κ1) is 32.2. The molecule has 2 aromatic heterocycles. The van der Waals surface area contributed by atoms with Crippen LogP contribution in [0.1, 0.15) is 0 Å². The van der Waals surface area contributed by atoms with Crippen LogP contribution in [-0.2, 0) is 0 Å². The van der Waals surface area contributed by atoms with E-state index in [-0.39, 0.29) is 0 Å². The molecule has 0 radical (unpaired) electrons. The Bertz CT molecular complexity index is 2970. The summed E-state index contributed by atoms with van der Waals surface area (Å²) in [5, 5.41) is 16.6. The molecule has 258 valence electrons. The van der Waals surface area contributed by atoms with Gasteiger partial charge in [-0.25, -0.2) is 0 Å². The molecule has 0 saturated carbocycles. The number of rotatable bonds is 7. The Balaban J connectivity index is 1.35. The van der Waals surface area contributed by atoms with E-state index in [1.165, 1.54) is 0 Å². The van der Waals surface area contributed by atoms with Crippen LogP contribution >= 0.6 is 0 Å². The molecule has 0 aliphatic heterocycles. The van der Waals surface area contributed by atoms with Crippen molar-refractivity contribution in [1.29, 1.82) is 0 Å². The van der Waals surface area contributed by atoms with Gasteiger partial charge in [0.2, 0.25) is 0 Å². The zero-order valence-electron chi connectivity index (χ0n) is 29.8. The van der Waals surface area contributed by atoms with Crippen LogP contribution in [0.5, 0.6) is 0 Å². The lowest BCUT2D eigenvalue weighted by atomic mass is 9.83. The summed E-state index contributed by atoms with van der Waals surface area (Å²) in [4.78, 5) is 0. The first-order valence-corrected chi connectivity index (χ1v) is 18.5. The highest BCUT2D eigenvalue weighted by Crippen LogP contribution is 2.49. The van der Waals surface area contributed by atoms with Gasteiger partial charge in [0.15, 0.2) is 0 Å². The van der Waals surface area contributed by atoms with Crippen molar-refractivity contribution in [2.24, 2.45) is 0 Å². The maximum atomic E-state index is 6.46. The Morgan fingerprint density at radius 1 is 0.291 bits per heavy atom. The smallest absolute Gasteiger partial charge is 0.136 e. The Morgan fingerprint density at radius 3 is 1.40 bits per heavy atom. The first-order valence-electron chi connectivity index (χ1n) is 18.5. The molecule has 4 nitrogen and oxygen atoms in total. The van der Waals surface area contributed by atoms with E-state index in [0.29, 0.717) is 0 Å². The van der Waals surface area contributed by atoms with Crippen molar-refractivity contribution >= 4 is 21.9 Å². The average molecular weight is 704 g/mol. The Morgan fingerprint density at radius 2 is 0.727 bits per heavy atom.